The van der Waals surface area contributed by atoms with Gasteiger partial charge < -0.3 is 32.2 Å². The first-order chi connectivity index (χ1) is 18.2. The fourth-order valence-electron chi connectivity index (χ4n) is 6.47. The lowest BCUT2D eigenvalue weighted by Crippen LogP contribution is -2.70. The zero-order valence-electron chi connectivity index (χ0n) is 23.7. The Hall–Kier alpha value is -0.950. The van der Waals surface area contributed by atoms with Crippen molar-refractivity contribution in [1.29, 1.82) is 0 Å². The van der Waals surface area contributed by atoms with Gasteiger partial charge in [0.25, 0.3) is 0 Å². The Bertz CT molecular complexity index is 706. The molecule has 3 saturated heterocycles. The number of piperidine rings is 1. The van der Waals surface area contributed by atoms with Gasteiger partial charge in [-0.25, -0.2) is 8.78 Å². The van der Waals surface area contributed by atoms with Crippen molar-refractivity contribution in [1.82, 2.24) is 25.8 Å². The van der Waals surface area contributed by atoms with Gasteiger partial charge in [0.1, 0.15) is 12.3 Å². The second-order valence-corrected chi connectivity index (χ2v) is 11.6. The van der Waals surface area contributed by atoms with E-state index in [-0.39, 0.29) is 25.0 Å². The van der Waals surface area contributed by atoms with Crippen molar-refractivity contribution >= 4 is 5.91 Å². The standard InChI is InChI=1S/C27H53F2N7O2/c1-4-6-19(5-2)7-8-20(28)13-33-18(3)24(26(30)31)27(37)34-23-15-32-14-22(29)25(23)36-10-9-35-11-12-38-17-21(35)16-36/h18-26,32-33H,4-17,30-31H2,1-3H3,(H,34,37)/t18?,19?,20?,21-,22?,23?,24?,25?/m1/s1. The highest BCUT2D eigenvalue weighted by atomic mass is 19.1. The number of piperazine rings is 1. The molecule has 3 rings (SSSR count). The molecule has 222 valence electrons. The number of morpholine rings is 1. The van der Waals surface area contributed by atoms with E-state index >= 15 is 4.39 Å². The molecule has 0 bridgehead atoms. The van der Waals surface area contributed by atoms with Crippen LogP contribution in [0.2, 0.25) is 0 Å². The summed E-state index contributed by atoms with van der Waals surface area (Å²) in [6, 6.07) is -1.04. The molecular weight excluding hydrogens is 492 g/mol. The molecule has 3 aliphatic rings. The van der Waals surface area contributed by atoms with E-state index in [1.165, 1.54) is 0 Å². The number of alkyl halides is 2. The number of hydrogen-bond donors (Lipinski definition) is 5. The van der Waals surface area contributed by atoms with Crippen LogP contribution in [0.15, 0.2) is 0 Å². The molecule has 0 aliphatic carbocycles. The Morgan fingerprint density at radius 3 is 2.61 bits per heavy atom. The van der Waals surface area contributed by atoms with E-state index < -0.39 is 42.6 Å². The maximum absolute atomic E-state index is 15.3. The molecule has 0 spiro atoms. The van der Waals surface area contributed by atoms with Crippen molar-refractivity contribution in [3.8, 4) is 0 Å². The number of ether oxygens (including phenoxy) is 1. The number of halogens is 2. The number of nitrogens with one attached hydrogen (secondary N) is 3. The van der Waals surface area contributed by atoms with Crippen LogP contribution in [0.1, 0.15) is 52.9 Å². The molecule has 3 heterocycles. The predicted molar refractivity (Wildman–Crippen MR) is 147 cm³/mol. The summed E-state index contributed by atoms with van der Waals surface area (Å²) >= 11 is 0. The second-order valence-electron chi connectivity index (χ2n) is 11.6. The van der Waals surface area contributed by atoms with Crippen molar-refractivity contribution in [3.05, 3.63) is 0 Å². The lowest BCUT2D eigenvalue weighted by Gasteiger charge is -2.49. The van der Waals surface area contributed by atoms with Gasteiger partial charge in [-0.1, -0.05) is 33.1 Å². The number of hydrogen-bond acceptors (Lipinski definition) is 8. The van der Waals surface area contributed by atoms with Crippen LogP contribution in [0, 0.1) is 11.8 Å². The Morgan fingerprint density at radius 1 is 1.13 bits per heavy atom. The minimum Gasteiger partial charge on any atom is -0.378 e. The summed E-state index contributed by atoms with van der Waals surface area (Å²) in [6.45, 7) is 11.6. The number of rotatable bonds is 14. The quantitative estimate of drug-likeness (QED) is 0.201. The highest BCUT2D eigenvalue weighted by molar-refractivity contribution is 5.80. The number of carbonyl (C=O) groups excluding carboxylic acids is 1. The molecule has 8 atom stereocenters. The number of nitrogens with two attached hydrogens (primary N) is 2. The Kier molecular flexibility index (Phi) is 13.1. The zero-order valence-corrected chi connectivity index (χ0v) is 23.7. The van der Waals surface area contributed by atoms with E-state index in [1.807, 2.05) is 6.92 Å². The lowest BCUT2D eigenvalue weighted by atomic mass is 9.92. The number of fused-ring (bicyclic) bond motifs is 1. The molecule has 7 unspecified atom stereocenters. The molecule has 0 radical (unpaired) electrons. The summed E-state index contributed by atoms with van der Waals surface area (Å²) < 4.78 is 35.6. The third-order valence-corrected chi connectivity index (χ3v) is 8.78. The van der Waals surface area contributed by atoms with Crippen LogP contribution in [0.4, 0.5) is 8.78 Å². The first-order valence-corrected chi connectivity index (χ1v) is 14.8. The van der Waals surface area contributed by atoms with Crippen LogP contribution < -0.4 is 27.4 Å². The van der Waals surface area contributed by atoms with E-state index in [0.29, 0.717) is 32.0 Å². The molecule has 1 amide bonds. The van der Waals surface area contributed by atoms with Crippen LogP contribution in [0.3, 0.4) is 0 Å². The van der Waals surface area contributed by atoms with Gasteiger partial charge in [0.2, 0.25) is 5.91 Å². The van der Waals surface area contributed by atoms with E-state index in [2.05, 4.69) is 39.6 Å². The van der Waals surface area contributed by atoms with Gasteiger partial charge in [-0.3, -0.25) is 14.6 Å². The summed E-state index contributed by atoms with van der Waals surface area (Å²) in [4.78, 5) is 18.0. The number of nitrogens with zero attached hydrogens (tertiary/aromatic N) is 2. The molecule has 9 nitrogen and oxygen atoms in total. The van der Waals surface area contributed by atoms with Gasteiger partial charge in [-0.15, -0.1) is 0 Å². The van der Waals surface area contributed by atoms with Gasteiger partial charge in [0, 0.05) is 57.9 Å². The third kappa shape index (κ3) is 8.78. The Morgan fingerprint density at radius 2 is 1.89 bits per heavy atom. The van der Waals surface area contributed by atoms with E-state index in [0.717, 1.165) is 51.9 Å². The first-order valence-electron chi connectivity index (χ1n) is 14.8. The average molecular weight is 546 g/mol. The van der Waals surface area contributed by atoms with E-state index in [9.17, 15) is 9.18 Å². The molecule has 3 fully saturated rings. The van der Waals surface area contributed by atoms with E-state index in [1.54, 1.807) is 0 Å². The van der Waals surface area contributed by atoms with Crippen LogP contribution in [0.5, 0.6) is 0 Å². The van der Waals surface area contributed by atoms with Crippen molar-refractivity contribution in [2.24, 2.45) is 23.3 Å². The smallest absolute Gasteiger partial charge is 0.227 e. The van der Waals surface area contributed by atoms with Gasteiger partial charge in [-0.05, 0) is 25.7 Å². The number of carbonyl (C=O) groups is 1. The summed E-state index contributed by atoms with van der Waals surface area (Å²) in [5, 5.41) is 9.32. The normalized spacial score (nSPS) is 30.4. The SMILES string of the molecule is CCCC(CC)CCC(F)CNC(C)C(C(=O)NC1CNCC(F)C1N1CCN2CCOC[C@H]2C1)C(N)N. The Balaban J connectivity index is 1.55. The van der Waals surface area contributed by atoms with Crippen LogP contribution in [-0.2, 0) is 9.53 Å². The maximum Gasteiger partial charge on any atom is 0.227 e. The highest BCUT2D eigenvalue weighted by Crippen LogP contribution is 2.23. The molecular formula is C27H53F2N7O2. The van der Waals surface area contributed by atoms with Crippen molar-refractivity contribution in [3.63, 3.8) is 0 Å². The fraction of sp³-hybridized carbons (Fsp3) is 0.963. The minimum absolute atomic E-state index is 0.147. The van der Waals surface area contributed by atoms with Crippen LogP contribution in [-0.4, -0.2) is 117 Å². The summed E-state index contributed by atoms with van der Waals surface area (Å²) in [6.07, 6.45) is 1.62. The van der Waals surface area contributed by atoms with Crippen molar-refractivity contribution in [2.75, 3.05) is 59.0 Å². The molecule has 0 aromatic carbocycles. The molecule has 38 heavy (non-hydrogen) atoms. The summed E-state index contributed by atoms with van der Waals surface area (Å²) in [5.74, 6) is -0.540. The highest BCUT2D eigenvalue weighted by Gasteiger charge is 2.43. The molecule has 0 aromatic rings. The second kappa shape index (κ2) is 15.7. The summed E-state index contributed by atoms with van der Waals surface area (Å²) in [5.41, 5.74) is 12.1. The molecule has 7 N–H and O–H groups in total. The monoisotopic (exact) mass is 545 g/mol. The third-order valence-electron chi connectivity index (χ3n) is 8.78. The zero-order chi connectivity index (χ0) is 27.7. The predicted octanol–water partition coefficient (Wildman–Crippen LogP) is 0.580. The lowest BCUT2D eigenvalue weighted by molar-refractivity contribution is -0.128. The average Bonchev–Trinajstić information content (AvgIpc) is 2.89. The first kappa shape index (κ1) is 31.6. The maximum atomic E-state index is 15.3. The van der Waals surface area contributed by atoms with Crippen LogP contribution >= 0.6 is 0 Å². The molecule has 0 aromatic heterocycles. The summed E-state index contributed by atoms with van der Waals surface area (Å²) in [7, 11) is 0. The van der Waals surface area contributed by atoms with Crippen molar-refractivity contribution in [2.45, 2.75) is 95.6 Å². The molecule has 3 aliphatic heterocycles. The fourth-order valence-corrected chi connectivity index (χ4v) is 6.47. The van der Waals surface area contributed by atoms with Crippen LogP contribution in [0.25, 0.3) is 0 Å². The van der Waals surface area contributed by atoms with Gasteiger partial charge in [0.05, 0.1) is 37.4 Å². The van der Waals surface area contributed by atoms with E-state index in [4.69, 9.17) is 16.2 Å². The largest absolute Gasteiger partial charge is 0.378 e. The van der Waals surface area contributed by atoms with Gasteiger partial charge >= 0.3 is 0 Å². The van der Waals surface area contributed by atoms with Gasteiger partial charge in [-0.2, -0.15) is 0 Å². The van der Waals surface area contributed by atoms with Crippen molar-refractivity contribution < 1.29 is 18.3 Å². The molecule has 11 heteroatoms. The Labute approximate surface area is 228 Å². The molecule has 0 saturated carbocycles. The number of amides is 1. The minimum atomic E-state index is -1.11. The van der Waals surface area contributed by atoms with Gasteiger partial charge in [0.15, 0.2) is 0 Å². The topological polar surface area (TPSA) is 121 Å².